The van der Waals surface area contributed by atoms with Crippen LogP contribution in [0.3, 0.4) is 0 Å². The molecule has 4 nitrogen and oxygen atoms in total. The summed E-state index contributed by atoms with van der Waals surface area (Å²) in [5.74, 6) is -0.889. The van der Waals surface area contributed by atoms with Gasteiger partial charge in [-0.3, -0.25) is 4.79 Å². The first kappa shape index (κ1) is 29.4. The van der Waals surface area contributed by atoms with E-state index >= 15 is 0 Å². The molecule has 1 aliphatic rings. The van der Waals surface area contributed by atoms with Gasteiger partial charge in [-0.05, 0) is 84.9 Å². The average molecular weight is 574 g/mol. The second-order valence-corrected chi connectivity index (χ2v) is 10.8. The van der Waals surface area contributed by atoms with Crippen LogP contribution < -0.4 is 5.32 Å². The van der Waals surface area contributed by atoms with Crippen LogP contribution in [-0.2, 0) is 24.1 Å². The third-order valence-electron chi connectivity index (χ3n) is 6.78. The van der Waals surface area contributed by atoms with Crippen molar-refractivity contribution in [3.05, 3.63) is 135 Å². The summed E-state index contributed by atoms with van der Waals surface area (Å²) in [5, 5.41) is 12.9. The van der Waals surface area contributed by atoms with Crippen LogP contribution >= 0.6 is 23.2 Å². The molecule has 0 amide bonds. The normalized spacial score (nSPS) is 12.0. The van der Waals surface area contributed by atoms with Gasteiger partial charge in [0.1, 0.15) is 0 Å². The first-order chi connectivity index (χ1) is 19.3. The second kappa shape index (κ2) is 14.2. The summed E-state index contributed by atoms with van der Waals surface area (Å²) >= 11 is 12.1. The highest BCUT2D eigenvalue weighted by molar-refractivity contribution is 6.39. The van der Waals surface area contributed by atoms with Crippen LogP contribution in [0.15, 0.2) is 97.1 Å². The number of aliphatic carboxylic acids is 1. The molecule has 206 valence electrons. The smallest absolute Gasteiger partial charge is 0.307 e. The number of benzene rings is 4. The number of nitrogens with zero attached hydrogens (tertiary/aromatic N) is 1. The number of halogens is 2. The summed E-state index contributed by atoms with van der Waals surface area (Å²) in [6.07, 6.45) is 5.72. The van der Waals surface area contributed by atoms with Gasteiger partial charge < -0.3 is 15.3 Å². The van der Waals surface area contributed by atoms with E-state index in [0.29, 0.717) is 27.0 Å². The van der Waals surface area contributed by atoms with E-state index in [4.69, 9.17) is 28.3 Å². The van der Waals surface area contributed by atoms with Crippen molar-refractivity contribution in [3.8, 4) is 0 Å². The topological polar surface area (TPSA) is 52.6 Å². The number of carboxylic acids is 1. The summed E-state index contributed by atoms with van der Waals surface area (Å²) in [7, 11) is 4.26. The van der Waals surface area contributed by atoms with Crippen LogP contribution in [-0.4, -0.2) is 36.6 Å². The number of carbonyl (C=O) groups is 1. The van der Waals surface area contributed by atoms with Gasteiger partial charge in [0.05, 0.1) is 22.2 Å². The maximum Gasteiger partial charge on any atom is 0.307 e. The largest absolute Gasteiger partial charge is 0.481 e. The molecule has 0 atom stereocenters. The molecule has 1 aliphatic carbocycles. The number of nitrogens with one attached hydrogen (secondary N) is 1. The highest BCUT2D eigenvalue weighted by atomic mass is 35.5. The van der Waals surface area contributed by atoms with Crippen LogP contribution in [0.1, 0.15) is 34.2 Å². The van der Waals surface area contributed by atoms with Gasteiger partial charge >= 0.3 is 5.97 Å². The van der Waals surface area contributed by atoms with E-state index in [0.717, 1.165) is 25.8 Å². The fourth-order valence-electron chi connectivity index (χ4n) is 4.81. The number of para-hydroxylation sites is 2. The van der Waals surface area contributed by atoms with E-state index in [-0.39, 0.29) is 6.42 Å². The molecule has 0 spiro atoms. The first-order valence-corrected chi connectivity index (χ1v) is 14.1. The highest BCUT2D eigenvalue weighted by Crippen LogP contribution is 2.34. The Labute approximate surface area is 246 Å². The molecule has 0 fully saturated rings. The third kappa shape index (κ3) is 7.76. The first-order valence-electron chi connectivity index (χ1n) is 13.4. The van der Waals surface area contributed by atoms with Crippen molar-refractivity contribution in [2.24, 2.45) is 0 Å². The summed E-state index contributed by atoms with van der Waals surface area (Å²) < 4.78 is 0. The molecule has 0 radical (unpaired) electrons. The fraction of sp³-hybridized carbons (Fsp3) is 0.206. The van der Waals surface area contributed by atoms with Gasteiger partial charge in [0.25, 0.3) is 0 Å². The number of rotatable bonds is 7. The van der Waals surface area contributed by atoms with Gasteiger partial charge in [0.2, 0.25) is 0 Å². The lowest BCUT2D eigenvalue weighted by atomic mass is 9.93. The second-order valence-electron chi connectivity index (χ2n) is 9.97. The van der Waals surface area contributed by atoms with E-state index in [1.54, 1.807) is 36.4 Å². The number of hydrogen-bond acceptors (Lipinski definition) is 3. The monoisotopic (exact) mass is 572 g/mol. The lowest BCUT2D eigenvalue weighted by molar-refractivity contribution is -0.136. The van der Waals surface area contributed by atoms with Gasteiger partial charge in [-0.1, -0.05) is 102 Å². The zero-order chi connectivity index (χ0) is 28.5. The number of fused-ring (bicyclic) bond motifs is 2. The van der Waals surface area contributed by atoms with E-state index < -0.39 is 5.97 Å². The number of hydrogen-bond donors (Lipinski definition) is 2. The summed E-state index contributed by atoms with van der Waals surface area (Å²) in [5.41, 5.74) is 9.13. The zero-order valence-electron chi connectivity index (χ0n) is 22.8. The number of carboxylic acid groups (broad SMARTS) is 1. The van der Waals surface area contributed by atoms with Gasteiger partial charge in [-0.2, -0.15) is 0 Å². The van der Waals surface area contributed by atoms with E-state index in [1.807, 2.05) is 6.07 Å². The van der Waals surface area contributed by atoms with E-state index in [9.17, 15) is 4.79 Å². The maximum absolute atomic E-state index is 10.8. The molecule has 6 heteroatoms. The Hall–Kier alpha value is -3.57. The lowest BCUT2D eigenvalue weighted by Crippen LogP contribution is -2.12. The number of aryl methyl sites for hydroxylation is 2. The van der Waals surface area contributed by atoms with Crippen molar-refractivity contribution in [2.45, 2.75) is 25.7 Å². The molecule has 40 heavy (non-hydrogen) atoms. The average Bonchev–Trinajstić information content (AvgIpc) is 3.09. The Balaban J connectivity index is 0.000000186. The van der Waals surface area contributed by atoms with E-state index in [1.165, 1.54) is 27.8 Å². The van der Waals surface area contributed by atoms with Crippen molar-refractivity contribution in [3.63, 3.8) is 0 Å². The van der Waals surface area contributed by atoms with Crippen LogP contribution in [0.5, 0.6) is 0 Å². The van der Waals surface area contributed by atoms with Crippen LogP contribution in [0.2, 0.25) is 10.0 Å². The predicted molar refractivity (Wildman–Crippen MR) is 168 cm³/mol. The maximum atomic E-state index is 10.8. The van der Waals surface area contributed by atoms with Crippen LogP contribution in [0.4, 0.5) is 11.4 Å². The van der Waals surface area contributed by atoms with Gasteiger partial charge in [0.15, 0.2) is 0 Å². The van der Waals surface area contributed by atoms with E-state index in [2.05, 4.69) is 78.9 Å². The summed E-state index contributed by atoms with van der Waals surface area (Å²) in [4.78, 5) is 13.1. The minimum Gasteiger partial charge on any atom is -0.481 e. The van der Waals surface area contributed by atoms with Crippen molar-refractivity contribution >= 4 is 46.1 Å². The molecular formula is C34H34Cl2N2O2. The Morgan fingerprint density at radius 2 is 1.38 bits per heavy atom. The molecule has 0 bridgehead atoms. The molecule has 0 aromatic heterocycles. The molecule has 0 saturated carbocycles. The highest BCUT2D eigenvalue weighted by Gasteiger charge is 2.17. The summed E-state index contributed by atoms with van der Waals surface area (Å²) in [6, 6.07) is 30.1. The molecule has 0 heterocycles. The SMILES string of the molecule is CN(C)CCC=C1c2ccccc2CCc2ccccc21.O=C(O)Cc1ccccc1Nc1c(Cl)cccc1Cl. The van der Waals surface area contributed by atoms with Crippen LogP contribution in [0, 0.1) is 0 Å². The Kier molecular flexibility index (Phi) is 10.4. The Morgan fingerprint density at radius 3 is 1.95 bits per heavy atom. The Bertz CT molecular complexity index is 1430. The quantitative estimate of drug-likeness (QED) is 0.233. The zero-order valence-corrected chi connectivity index (χ0v) is 24.3. The van der Waals surface area contributed by atoms with Gasteiger partial charge in [-0.15, -0.1) is 0 Å². The predicted octanol–water partition coefficient (Wildman–Crippen LogP) is 8.53. The van der Waals surface area contributed by atoms with Gasteiger partial charge in [-0.25, -0.2) is 0 Å². The minimum atomic E-state index is -0.889. The molecule has 2 N–H and O–H groups in total. The van der Waals surface area contributed by atoms with Gasteiger partial charge in [0, 0.05) is 12.2 Å². The summed E-state index contributed by atoms with van der Waals surface area (Å²) in [6.45, 7) is 1.09. The third-order valence-corrected chi connectivity index (χ3v) is 7.41. The van der Waals surface area contributed by atoms with Crippen molar-refractivity contribution < 1.29 is 9.90 Å². The molecule has 0 saturated heterocycles. The van der Waals surface area contributed by atoms with Crippen molar-refractivity contribution in [1.82, 2.24) is 4.90 Å². The lowest BCUT2D eigenvalue weighted by Gasteiger charge is -2.13. The molecule has 4 aromatic rings. The fourth-order valence-corrected chi connectivity index (χ4v) is 5.31. The molecule has 4 aromatic carbocycles. The van der Waals surface area contributed by atoms with Crippen molar-refractivity contribution in [1.29, 1.82) is 0 Å². The molecule has 5 rings (SSSR count). The van der Waals surface area contributed by atoms with Crippen molar-refractivity contribution in [2.75, 3.05) is 26.0 Å². The Morgan fingerprint density at radius 1 is 0.825 bits per heavy atom. The molecule has 0 unspecified atom stereocenters. The molecular weight excluding hydrogens is 539 g/mol. The minimum absolute atomic E-state index is 0.0642. The molecule has 0 aliphatic heterocycles. The number of anilines is 2. The van der Waals surface area contributed by atoms with Crippen LogP contribution in [0.25, 0.3) is 5.57 Å². The standard InChI is InChI=1S/C20H23N.C14H11Cl2NO2/c1-21(2)15-7-12-20-18-10-5-3-8-16(18)13-14-17-9-4-6-11-19(17)20;15-10-5-3-6-11(16)14(10)17-12-7-2-1-4-9(12)8-13(18)19/h3-6,8-12H,7,13-15H2,1-2H3;1-7,17H,8H2,(H,18,19).